The molecular formula is C22H15F5N4O2. The number of rotatable bonds is 5. The van der Waals surface area contributed by atoms with Gasteiger partial charge < -0.3 is 15.0 Å². The Morgan fingerprint density at radius 1 is 1.06 bits per heavy atom. The Bertz CT molecular complexity index is 1350. The van der Waals surface area contributed by atoms with Crippen LogP contribution in [0.1, 0.15) is 11.1 Å². The van der Waals surface area contributed by atoms with Gasteiger partial charge in [0.15, 0.2) is 0 Å². The van der Waals surface area contributed by atoms with Gasteiger partial charge in [-0.15, -0.1) is 0 Å². The molecular weight excluding hydrogens is 447 g/mol. The first-order chi connectivity index (χ1) is 15.7. The van der Waals surface area contributed by atoms with Crippen molar-refractivity contribution in [1.29, 1.82) is 0 Å². The maximum atomic E-state index is 14.6. The number of benzene rings is 1. The fraction of sp³-hybridized carbons (Fsp3) is 0.136. The first kappa shape index (κ1) is 22.2. The van der Waals surface area contributed by atoms with Crippen LogP contribution in [0.5, 0.6) is 5.88 Å². The van der Waals surface area contributed by atoms with Gasteiger partial charge in [0.2, 0.25) is 11.8 Å². The lowest BCUT2D eigenvalue weighted by atomic mass is 10.0. The van der Waals surface area contributed by atoms with Gasteiger partial charge in [-0.3, -0.25) is 4.79 Å². The molecule has 4 rings (SSSR count). The molecule has 0 aliphatic rings. The van der Waals surface area contributed by atoms with Crippen molar-refractivity contribution in [3.05, 3.63) is 71.7 Å². The Morgan fingerprint density at radius 2 is 1.85 bits per heavy atom. The highest BCUT2D eigenvalue weighted by atomic mass is 19.4. The molecule has 11 heteroatoms. The van der Waals surface area contributed by atoms with Gasteiger partial charge in [-0.1, -0.05) is 12.1 Å². The second-order valence-electron chi connectivity index (χ2n) is 7.07. The summed E-state index contributed by atoms with van der Waals surface area (Å²) in [5.74, 6) is -2.57. The number of aromatic nitrogens is 3. The summed E-state index contributed by atoms with van der Waals surface area (Å²) in [6.07, 6.45) is -1.53. The Balaban J connectivity index is 1.51. The summed E-state index contributed by atoms with van der Waals surface area (Å²) in [6.45, 7) is 0. The number of H-pyrrole nitrogens is 1. The topological polar surface area (TPSA) is 79.9 Å². The molecule has 0 fully saturated rings. The zero-order chi connectivity index (χ0) is 23.8. The van der Waals surface area contributed by atoms with E-state index in [4.69, 9.17) is 0 Å². The number of amides is 1. The third-order valence-corrected chi connectivity index (χ3v) is 4.85. The molecule has 0 aliphatic carbocycles. The predicted octanol–water partition coefficient (Wildman–Crippen LogP) is 5.11. The number of nitrogens with zero attached hydrogens (tertiary/aromatic N) is 2. The van der Waals surface area contributed by atoms with E-state index in [1.165, 1.54) is 36.7 Å². The molecule has 1 amide bonds. The van der Waals surface area contributed by atoms with Gasteiger partial charge in [0.25, 0.3) is 0 Å². The van der Waals surface area contributed by atoms with Crippen LogP contribution in [0.3, 0.4) is 0 Å². The SMILES string of the molecule is COc1ncc(NC(=O)Cc2ccc(-c3cnc4[nH]cc(F)c4c3)cc2F)cc1C(F)(F)F. The number of pyridine rings is 2. The molecule has 1 aromatic carbocycles. The number of carbonyl (C=O) groups excluding carboxylic acids is 1. The lowest BCUT2D eigenvalue weighted by Gasteiger charge is -2.13. The second kappa shape index (κ2) is 8.49. The summed E-state index contributed by atoms with van der Waals surface area (Å²) in [5, 5.41) is 2.52. The minimum atomic E-state index is -4.73. The van der Waals surface area contributed by atoms with Crippen molar-refractivity contribution < 1.29 is 31.5 Å². The molecule has 0 spiro atoms. The monoisotopic (exact) mass is 462 g/mol. The molecule has 0 aliphatic heterocycles. The molecule has 33 heavy (non-hydrogen) atoms. The average molecular weight is 462 g/mol. The third kappa shape index (κ3) is 4.61. The smallest absolute Gasteiger partial charge is 0.421 e. The van der Waals surface area contributed by atoms with Crippen LogP contribution in [-0.2, 0) is 17.4 Å². The number of methoxy groups -OCH3 is 1. The minimum absolute atomic E-state index is 0.0237. The number of nitrogens with one attached hydrogen (secondary N) is 2. The quantitative estimate of drug-likeness (QED) is 0.404. The average Bonchev–Trinajstić information content (AvgIpc) is 3.14. The van der Waals surface area contributed by atoms with E-state index in [2.05, 4.69) is 25.0 Å². The number of hydrogen-bond donors (Lipinski definition) is 2. The van der Waals surface area contributed by atoms with Gasteiger partial charge in [-0.05, 0) is 29.3 Å². The van der Waals surface area contributed by atoms with Crippen LogP contribution in [0.2, 0.25) is 0 Å². The Hall–Kier alpha value is -4.02. The standard InChI is InChI=1S/C22H15F5N4O2/c1-33-21-16(22(25,26)27)7-14(9-30-21)31-19(32)6-12-3-2-11(5-17(12)23)13-4-15-18(24)10-29-20(15)28-8-13/h2-5,7-10H,6H2,1H3,(H,28,29)(H,31,32). The van der Waals surface area contributed by atoms with Crippen LogP contribution in [0.4, 0.5) is 27.6 Å². The Morgan fingerprint density at radius 3 is 2.55 bits per heavy atom. The maximum absolute atomic E-state index is 14.6. The van der Waals surface area contributed by atoms with E-state index in [9.17, 15) is 26.7 Å². The zero-order valence-electron chi connectivity index (χ0n) is 16.9. The van der Waals surface area contributed by atoms with E-state index in [1.54, 1.807) is 0 Å². The second-order valence-corrected chi connectivity index (χ2v) is 7.07. The number of anilines is 1. The van der Waals surface area contributed by atoms with Gasteiger partial charge in [-0.2, -0.15) is 13.2 Å². The first-order valence-electron chi connectivity index (χ1n) is 9.48. The molecule has 3 aromatic heterocycles. The molecule has 0 unspecified atom stereocenters. The molecule has 4 aromatic rings. The number of aromatic amines is 1. The van der Waals surface area contributed by atoms with Gasteiger partial charge in [0.1, 0.15) is 22.8 Å². The summed E-state index contributed by atoms with van der Waals surface area (Å²) in [4.78, 5) is 22.6. The Labute approximate surface area is 183 Å². The van der Waals surface area contributed by atoms with Crippen LogP contribution in [0, 0.1) is 11.6 Å². The third-order valence-electron chi connectivity index (χ3n) is 4.85. The van der Waals surface area contributed by atoms with E-state index in [0.29, 0.717) is 22.8 Å². The number of ether oxygens (including phenoxy) is 1. The van der Waals surface area contributed by atoms with Gasteiger partial charge in [0, 0.05) is 18.0 Å². The van der Waals surface area contributed by atoms with Crippen LogP contribution in [-0.4, -0.2) is 28.0 Å². The summed E-state index contributed by atoms with van der Waals surface area (Å²) in [7, 11) is 1.05. The highest BCUT2D eigenvalue weighted by molar-refractivity contribution is 5.92. The lowest BCUT2D eigenvalue weighted by molar-refractivity contribution is -0.139. The van der Waals surface area contributed by atoms with Crippen molar-refractivity contribution in [1.82, 2.24) is 15.0 Å². The van der Waals surface area contributed by atoms with Crippen LogP contribution < -0.4 is 10.1 Å². The number of hydrogen-bond acceptors (Lipinski definition) is 4. The number of fused-ring (bicyclic) bond motifs is 1. The van der Waals surface area contributed by atoms with Crippen molar-refractivity contribution in [3.63, 3.8) is 0 Å². The summed E-state index contributed by atoms with van der Waals surface area (Å²) < 4.78 is 72.3. The van der Waals surface area contributed by atoms with Crippen molar-refractivity contribution in [2.24, 2.45) is 0 Å². The largest absolute Gasteiger partial charge is 0.481 e. The number of alkyl halides is 3. The predicted molar refractivity (Wildman–Crippen MR) is 110 cm³/mol. The van der Waals surface area contributed by atoms with Crippen molar-refractivity contribution >= 4 is 22.6 Å². The zero-order valence-corrected chi connectivity index (χ0v) is 16.9. The normalized spacial score (nSPS) is 11.6. The fourth-order valence-electron chi connectivity index (χ4n) is 3.26. The molecule has 0 saturated carbocycles. The van der Waals surface area contributed by atoms with Gasteiger partial charge in [0.05, 0.1) is 30.8 Å². The number of halogens is 5. The first-order valence-corrected chi connectivity index (χ1v) is 9.48. The van der Waals surface area contributed by atoms with Gasteiger partial charge in [-0.25, -0.2) is 18.7 Å². The van der Waals surface area contributed by atoms with E-state index in [1.807, 2.05) is 0 Å². The van der Waals surface area contributed by atoms with Crippen LogP contribution in [0.25, 0.3) is 22.2 Å². The molecule has 0 saturated heterocycles. The van der Waals surface area contributed by atoms with Crippen molar-refractivity contribution in [3.8, 4) is 17.0 Å². The molecule has 6 nitrogen and oxygen atoms in total. The van der Waals surface area contributed by atoms with Crippen LogP contribution in [0.15, 0.2) is 48.9 Å². The van der Waals surface area contributed by atoms with Crippen molar-refractivity contribution in [2.45, 2.75) is 12.6 Å². The molecule has 0 bridgehead atoms. The van der Waals surface area contributed by atoms with Crippen LogP contribution >= 0.6 is 0 Å². The molecule has 0 atom stereocenters. The number of carbonyl (C=O) groups is 1. The highest BCUT2D eigenvalue weighted by Gasteiger charge is 2.35. The maximum Gasteiger partial charge on any atom is 0.421 e. The molecule has 2 N–H and O–H groups in total. The summed E-state index contributed by atoms with van der Waals surface area (Å²) in [6, 6.07) is 6.29. The fourth-order valence-corrected chi connectivity index (χ4v) is 3.26. The molecule has 170 valence electrons. The van der Waals surface area contributed by atoms with E-state index >= 15 is 0 Å². The Kier molecular flexibility index (Phi) is 5.71. The molecule has 3 heterocycles. The molecule has 0 radical (unpaired) electrons. The van der Waals surface area contributed by atoms with E-state index < -0.39 is 41.6 Å². The minimum Gasteiger partial charge on any atom is -0.481 e. The highest BCUT2D eigenvalue weighted by Crippen LogP contribution is 2.36. The van der Waals surface area contributed by atoms with E-state index in [-0.39, 0.29) is 16.6 Å². The summed E-state index contributed by atoms with van der Waals surface area (Å²) >= 11 is 0. The summed E-state index contributed by atoms with van der Waals surface area (Å²) in [5.41, 5.74) is -0.0936. The van der Waals surface area contributed by atoms with Crippen molar-refractivity contribution in [2.75, 3.05) is 12.4 Å². The lowest BCUT2D eigenvalue weighted by Crippen LogP contribution is -2.17. The van der Waals surface area contributed by atoms with Gasteiger partial charge >= 0.3 is 6.18 Å². The van der Waals surface area contributed by atoms with E-state index in [0.717, 1.165) is 13.3 Å².